The van der Waals surface area contributed by atoms with Crippen molar-refractivity contribution < 1.29 is 0 Å². The lowest BCUT2D eigenvalue weighted by Gasteiger charge is -2.49. The van der Waals surface area contributed by atoms with E-state index in [1.54, 1.807) is 0 Å². The molecule has 2 N–H and O–H groups in total. The molecule has 0 aromatic rings. The maximum absolute atomic E-state index is 6.09. The van der Waals surface area contributed by atoms with Crippen molar-refractivity contribution in [3.63, 3.8) is 0 Å². The largest absolute Gasteiger partial charge is 0.329 e. The van der Waals surface area contributed by atoms with Gasteiger partial charge in [-0.25, -0.2) is 0 Å². The Morgan fingerprint density at radius 1 is 1.06 bits per heavy atom. The van der Waals surface area contributed by atoms with Crippen LogP contribution in [0.1, 0.15) is 59.8 Å². The number of hydrogen-bond donors (Lipinski definition) is 1. The maximum atomic E-state index is 6.09. The second-order valence-electron chi connectivity index (χ2n) is 6.17. The maximum Gasteiger partial charge on any atom is 0.0332 e. The van der Waals surface area contributed by atoms with E-state index < -0.39 is 0 Å². The van der Waals surface area contributed by atoms with Crippen LogP contribution in [-0.4, -0.2) is 30.1 Å². The normalized spacial score (nSPS) is 23.6. The minimum absolute atomic E-state index is 0.306. The van der Waals surface area contributed by atoms with Crippen molar-refractivity contribution in [2.75, 3.05) is 19.6 Å². The van der Waals surface area contributed by atoms with Crippen molar-refractivity contribution in [2.45, 2.75) is 65.3 Å². The molecule has 0 radical (unpaired) electrons. The minimum Gasteiger partial charge on any atom is -0.329 e. The quantitative estimate of drug-likeness (QED) is 0.781. The highest BCUT2D eigenvalue weighted by Gasteiger charge is 2.40. The monoisotopic (exact) mass is 226 g/mol. The first-order chi connectivity index (χ1) is 7.49. The van der Waals surface area contributed by atoms with Crippen LogP contribution in [0.3, 0.4) is 0 Å². The van der Waals surface area contributed by atoms with E-state index in [9.17, 15) is 0 Å². The molecule has 2 nitrogen and oxygen atoms in total. The Bertz CT molecular complexity index is 201. The summed E-state index contributed by atoms with van der Waals surface area (Å²) in [6, 6.07) is 0. The summed E-state index contributed by atoms with van der Waals surface area (Å²) in [5.74, 6) is 0. The Kier molecular flexibility index (Phi) is 4.81. The molecule has 2 heteroatoms. The Hall–Kier alpha value is -0.0800. The molecule has 16 heavy (non-hydrogen) atoms. The van der Waals surface area contributed by atoms with Crippen LogP contribution in [-0.2, 0) is 0 Å². The average Bonchev–Trinajstić information content (AvgIpc) is 2.27. The predicted octanol–water partition coefficient (Wildman–Crippen LogP) is 3.02. The summed E-state index contributed by atoms with van der Waals surface area (Å²) in [6.07, 6.45) is 6.45. The lowest BCUT2D eigenvalue weighted by molar-refractivity contribution is 0.0265. The summed E-state index contributed by atoms with van der Waals surface area (Å²) in [4.78, 5) is 2.63. The fourth-order valence-electron chi connectivity index (χ4n) is 3.04. The van der Waals surface area contributed by atoms with Gasteiger partial charge in [-0.2, -0.15) is 0 Å². The van der Waals surface area contributed by atoms with Crippen molar-refractivity contribution in [2.24, 2.45) is 11.1 Å². The Morgan fingerprint density at radius 2 is 1.62 bits per heavy atom. The first-order valence-electron chi connectivity index (χ1n) is 6.95. The standard InChI is InChI=1S/C14H30N2/c1-5-11-16(6-2)14(12-15)9-7-13(3,4)8-10-14/h5-12,15H2,1-4H3. The second kappa shape index (κ2) is 5.50. The third-order valence-electron chi connectivity index (χ3n) is 4.46. The summed E-state index contributed by atoms with van der Waals surface area (Å²) in [6.45, 7) is 12.5. The van der Waals surface area contributed by atoms with Gasteiger partial charge in [0.2, 0.25) is 0 Å². The lowest BCUT2D eigenvalue weighted by Crippen LogP contribution is -2.56. The van der Waals surface area contributed by atoms with E-state index in [2.05, 4.69) is 32.6 Å². The van der Waals surface area contributed by atoms with Crippen LogP contribution < -0.4 is 5.73 Å². The van der Waals surface area contributed by atoms with Gasteiger partial charge in [-0.15, -0.1) is 0 Å². The van der Waals surface area contributed by atoms with Crippen LogP contribution in [0, 0.1) is 5.41 Å². The van der Waals surface area contributed by atoms with Crippen LogP contribution in [0.15, 0.2) is 0 Å². The molecule has 0 heterocycles. The van der Waals surface area contributed by atoms with E-state index in [1.807, 2.05) is 0 Å². The zero-order chi connectivity index (χ0) is 12.2. The van der Waals surface area contributed by atoms with Crippen LogP contribution in [0.4, 0.5) is 0 Å². The minimum atomic E-state index is 0.306. The molecule has 1 fully saturated rings. The SMILES string of the molecule is CCCN(CC)C1(CN)CCC(C)(C)CC1. The molecule has 0 spiro atoms. The summed E-state index contributed by atoms with van der Waals surface area (Å²) < 4.78 is 0. The number of nitrogens with zero attached hydrogens (tertiary/aromatic N) is 1. The molecule has 0 unspecified atom stereocenters. The van der Waals surface area contributed by atoms with E-state index in [0.29, 0.717) is 11.0 Å². The molecule has 96 valence electrons. The lowest BCUT2D eigenvalue weighted by atomic mass is 9.68. The average molecular weight is 226 g/mol. The summed E-state index contributed by atoms with van der Waals surface area (Å²) in [5, 5.41) is 0. The number of rotatable bonds is 5. The van der Waals surface area contributed by atoms with Gasteiger partial charge in [-0.3, -0.25) is 4.90 Å². The first kappa shape index (κ1) is 14.0. The highest BCUT2D eigenvalue weighted by atomic mass is 15.2. The van der Waals surface area contributed by atoms with E-state index in [-0.39, 0.29) is 0 Å². The number of hydrogen-bond acceptors (Lipinski definition) is 2. The second-order valence-corrected chi connectivity index (χ2v) is 6.17. The van der Waals surface area contributed by atoms with E-state index >= 15 is 0 Å². The van der Waals surface area contributed by atoms with Crippen molar-refractivity contribution in [3.05, 3.63) is 0 Å². The molecule has 1 rings (SSSR count). The van der Waals surface area contributed by atoms with Gasteiger partial charge in [0.15, 0.2) is 0 Å². The topological polar surface area (TPSA) is 29.3 Å². The van der Waals surface area contributed by atoms with Crippen molar-refractivity contribution >= 4 is 0 Å². The third-order valence-corrected chi connectivity index (χ3v) is 4.46. The smallest absolute Gasteiger partial charge is 0.0332 e. The van der Waals surface area contributed by atoms with Gasteiger partial charge < -0.3 is 5.73 Å². The van der Waals surface area contributed by atoms with Crippen molar-refractivity contribution in [1.82, 2.24) is 4.90 Å². The van der Waals surface area contributed by atoms with E-state index in [0.717, 1.165) is 13.1 Å². The third kappa shape index (κ3) is 2.98. The predicted molar refractivity (Wildman–Crippen MR) is 71.6 cm³/mol. The highest BCUT2D eigenvalue weighted by Crippen LogP contribution is 2.42. The summed E-state index contributed by atoms with van der Waals surface area (Å²) >= 11 is 0. The Balaban J connectivity index is 2.71. The van der Waals surface area contributed by atoms with Gasteiger partial charge in [-0.1, -0.05) is 27.7 Å². The van der Waals surface area contributed by atoms with Crippen molar-refractivity contribution in [1.29, 1.82) is 0 Å². The fourth-order valence-corrected chi connectivity index (χ4v) is 3.04. The molecule has 0 aromatic carbocycles. The fraction of sp³-hybridized carbons (Fsp3) is 1.00. The van der Waals surface area contributed by atoms with Crippen LogP contribution >= 0.6 is 0 Å². The van der Waals surface area contributed by atoms with Crippen LogP contribution in [0.5, 0.6) is 0 Å². The van der Waals surface area contributed by atoms with Crippen LogP contribution in [0.2, 0.25) is 0 Å². The number of nitrogens with two attached hydrogens (primary N) is 1. The van der Waals surface area contributed by atoms with Gasteiger partial charge in [0.25, 0.3) is 0 Å². The Labute approximate surface area is 102 Å². The molecule has 1 saturated carbocycles. The number of likely N-dealkylation sites (N-methyl/N-ethyl adjacent to an activating group) is 1. The molecule has 1 aliphatic rings. The highest BCUT2D eigenvalue weighted by molar-refractivity contribution is 4.97. The molecule has 0 bridgehead atoms. The van der Waals surface area contributed by atoms with Gasteiger partial charge in [-0.05, 0) is 50.6 Å². The molecule has 0 aromatic heterocycles. The van der Waals surface area contributed by atoms with Gasteiger partial charge in [0.1, 0.15) is 0 Å². The molecule has 0 aliphatic heterocycles. The van der Waals surface area contributed by atoms with Gasteiger partial charge in [0, 0.05) is 12.1 Å². The molecular formula is C14H30N2. The first-order valence-corrected chi connectivity index (χ1v) is 6.95. The van der Waals surface area contributed by atoms with Gasteiger partial charge >= 0.3 is 0 Å². The summed E-state index contributed by atoms with van der Waals surface area (Å²) in [5.41, 5.74) is 6.93. The molecular weight excluding hydrogens is 196 g/mol. The van der Waals surface area contributed by atoms with Gasteiger partial charge in [0.05, 0.1) is 0 Å². The molecule has 0 atom stereocenters. The zero-order valence-corrected chi connectivity index (χ0v) is 11.7. The zero-order valence-electron chi connectivity index (χ0n) is 11.7. The summed E-state index contributed by atoms with van der Waals surface area (Å²) in [7, 11) is 0. The van der Waals surface area contributed by atoms with E-state index in [4.69, 9.17) is 5.73 Å². The molecule has 0 saturated heterocycles. The van der Waals surface area contributed by atoms with Crippen molar-refractivity contribution in [3.8, 4) is 0 Å². The van der Waals surface area contributed by atoms with Crippen LogP contribution in [0.25, 0.3) is 0 Å². The Morgan fingerprint density at radius 3 is 2.00 bits per heavy atom. The molecule has 0 amide bonds. The molecule has 1 aliphatic carbocycles. The van der Waals surface area contributed by atoms with E-state index in [1.165, 1.54) is 38.6 Å².